The monoisotopic (exact) mass is 389 g/mol. The Kier molecular flexibility index (Phi) is 7.01. The fourth-order valence-electron chi connectivity index (χ4n) is 3.26. The van der Waals surface area contributed by atoms with Crippen molar-refractivity contribution in [2.24, 2.45) is 0 Å². The van der Waals surface area contributed by atoms with Gasteiger partial charge in [0.1, 0.15) is 5.02 Å². The molecule has 0 saturated carbocycles. The predicted molar refractivity (Wildman–Crippen MR) is 96.3 cm³/mol. The average Bonchev–Trinajstić information content (AvgIpc) is 2.71. The zero-order chi connectivity index (χ0) is 18.6. The average molecular weight is 390 g/mol. The van der Waals surface area contributed by atoms with Gasteiger partial charge < -0.3 is 5.11 Å². The van der Waals surface area contributed by atoms with Crippen molar-refractivity contribution in [2.45, 2.75) is 31.8 Å². The lowest BCUT2D eigenvalue weighted by atomic mass is 10.1. The van der Waals surface area contributed by atoms with E-state index in [0.29, 0.717) is 17.1 Å². The summed E-state index contributed by atoms with van der Waals surface area (Å²) in [5.41, 5.74) is 0.398. The zero-order valence-corrected chi connectivity index (χ0v) is 15.5. The molecule has 0 aromatic heterocycles. The van der Waals surface area contributed by atoms with E-state index < -0.39 is 10.9 Å². The highest BCUT2D eigenvalue weighted by molar-refractivity contribution is 6.36. The highest BCUT2D eigenvalue weighted by Crippen LogP contribution is 2.33. The van der Waals surface area contributed by atoms with Crippen LogP contribution in [0.15, 0.2) is 12.1 Å². The van der Waals surface area contributed by atoms with Gasteiger partial charge in [-0.15, -0.1) is 0 Å². The molecule has 7 nitrogen and oxygen atoms in total. The van der Waals surface area contributed by atoms with Crippen LogP contribution in [0.1, 0.15) is 24.8 Å². The molecule has 1 aromatic carbocycles. The summed E-state index contributed by atoms with van der Waals surface area (Å²) >= 11 is 12.0. The first kappa shape index (κ1) is 19.9. The first-order valence-electron chi connectivity index (χ1n) is 8.04. The summed E-state index contributed by atoms with van der Waals surface area (Å²) < 4.78 is 0. The third kappa shape index (κ3) is 5.54. The van der Waals surface area contributed by atoms with Crippen molar-refractivity contribution in [3.05, 3.63) is 37.9 Å². The summed E-state index contributed by atoms with van der Waals surface area (Å²) in [5.74, 6) is -0.840. The second-order valence-electron chi connectivity index (χ2n) is 6.32. The zero-order valence-electron chi connectivity index (χ0n) is 14.0. The van der Waals surface area contributed by atoms with E-state index in [2.05, 4.69) is 4.90 Å². The van der Waals surface area contributed by atoms with Gasteiger partial charge in [-0.05, 0) is 51.5 Å². The largest absolute Gasteiger partial charge is 0.480 e. The van der Waals surface area contributed by atoms with Gasteiger partial charge in [0.15, 0.2) is 0 Å². The third-order valence-corrected chi connectivity index (χ3v) is 4.99. The summed E-state index contributed by atoms with van der Waals surface area (Å²) in [7, 11) is 1.82. The molecule has 1 N–H and O–H groups in total. The van der Waals surface area contributed by atoms with E-state index in [1.54, 1.807) is 6.07 Å². The van der Waals surface area contributed by atoms with Crippen molar-refractivity contribution in [2.75, 3.05) is 26.7 Å². The molecule has 1 aromatic rings. The minimum atomic E-state index is -0.840. The molecule has 0 spiro atoms. The molecule has 0 bridgehead atoms. The molecule has 1 aliphatic heterocycles. The van der Waals surface area contributed by atoms with Gasteiger partial charge in [0, 0.05) is 23.2 Å². The number of hydrogen-bond acceptors (Lipinski definition) is 5. The van der Waals surface area contributed by atoms with Crippen LogP contribution in [0.25, 0.3) is 0 Å². The number of aliphatic carboxylic acids is 1. The number of halogens is 2. The Labute approximate surface area is 156 Å². The number of nitro benzene ring substituents is 1. The molecule has 0 radical (unpaired) electrons. The van der Waals surface area contributed by atoms with E-state index in [1.807, 2.05) is 11.9 Å². The topological polar surface area (TPSA) is 86.9 Å². The molecule has 1 aliphatic rings. The van der Waals surface area contributed by atoms with Crippen molar-refractivity contribution in [1.29, 1.82) is 0 Å². The van der Waals surface area contributed by atoms with Gasteiger partial charge in [0.2, 0.25) is 0 Å². The van der Waals surface area contributed by atoms with Gasteiger partial charge >= 0.3 is 5.97 Å². The molecule has 1 unspecified atom stereocenters. The maximum absolute atomic E-state index is 11.3. The van der Waals surface area contributed by atoms with Crippen LogP contribution in [-0.2, 0) is 11.3 Å². The summed E-state index contributed by atoms with van der Waals surface area (Å²) in [4.78, 5) is 25.7. The maximum atomic E-state index is 11.3. The van der Waals surface area contributed by atoms with Gasteiger partial charge in [0.25, 0.3) is 5.69 Å². The summed E-state index contributed by atoms with van der Waals surface area (Å²) in [6.45, 7) is 1.93. The molecule has 1 heterocycles. The van der Waals surface area contributed by atoms with Crippen LogP contribution in [-0.4, -0.2) is 58.5 Å². The highest BCUT2D eigenvalue weighted by atomic mass is 35.5. The molecule has 138 valence electrons. The van der Waals surface area contributed by atoms with Gasteiger partial charge in [-0.1, -0.05) is 23.2 Å². The van der Waals surface area contributed by atoms with E-state index in [4.69, 9.17) is 28.3 Å². The lowest BCUT2D eigenvalue weighted by Gasteiger charge is -2.25. The number of nitrogens with zero attached hydrogens (tertiary/aromatic N) is 3. The number of carboxylic acids is 1. The van der Waals surface area contributed by atoms with E-state index in [0.717, 1.165) is 32.4 Å². The Morgan fingerprint density at radius 3 is 2.76 bits per heavy atom. The molecule has 0 aliphatic carbocycles. The molecular weight excluding hydrogens is 369 g/mol. The van der Waals surface area contributed by atoms with Crippen LogP contribution in [0.5, 0.6) is 0 Å². The van der Waals surface area contributed by atoms with Gasteiger partial charge in [-0.3, -0.25) is 24.7 Å². The van der Waals surface area contributed by atoms with Crippen molar-refractivity contribution in [3.63, 3.8) is 0 Å². The van der Waals surface area contributed by atoms with Gasteiger partial charge in [-0.2, -0.15) is 0 Å². The van der Waals surface area contributed by atoms with Crippen LogP contribution in [0.4, 0.5) is 5.69 Å². The van der Waals surface area contributed by atoms with E-state index in [-0.39, 0.29) is 23.3 Å². The Balaban J connectivity index is 2.07. The predicted octanol–water partition coefficient (Wildman–Crippen LogP) is 3.27. The minimum Gasteiger partial charge on any atom is -0.480 e. The molecule has 1 fully saturated rings. The van der Waals surface area contributed by atoms with Crippen molar-refractivity contribution in [1.82, 2.24) is 9.80 Å². The number of likely N-dealkylation sites (N-methyl/N-ethyl adjacent to an activating group) is 1. The van der Waals surface area contributed by atoms with Crippen LogP contribution >= 0.6 is 23.2 Å². The first-order valence-corrected chi connectivity index (χ1v) is 8.80. The molecule has 1 atom stereocenters. The maximum Gasteiger partial charge on any atom is 0.317 e. The Bertz CT molecular complexity index is 657. The van der Waals surface area contributed by atoms with Gasteiger partial charge in [0.05, 0.1) is 11.5 Å². The van der Waals surface area contributed by atoms with Crippen molar-refractivity contribution >= 4 is 34.9 Å². The number of nitro groups is 1. The lowest BCUT2D eigenvalue weighted by Crippen LogP contribution is -2.36. The number of carboxylic acid groups (broad SMARTS) is 1. The second-order valence-corrected chi connectivity index (χ2v) is 7.17. The van der Waals surface area contributed by atoms with E-state index >= 15 is 0 Å². The summed E-state index contributed by atoms with van der Waals surface area (Å²) in [6, 6.07) is 3.16. The molecule has 9 heteroatoms. The standard InChI is InChI=1S/C16H21Cl2N3O4/c1-19(10-15(22)23)13-3-2-5-20(6-4-13)9-11-7-12(17)8-14(18)16(11)21(24)25/h7-8,13H,2-6,9-10H2,1H3,(H,22,23). The minimum absolute atomic E-state index is 0.0139. The van der Waals surface area contributed by atoms with Crippen molar-refractivity contribution < 1.29 is 14.8 Å². The number of benzene rings is 1. The number of hydrogen-bond donors (Lipinski definition) is 1. The smallest absolute Gasteiger partial charge is 0.317 e. The van der Waals surface area contributed by atoms with Gasteiger partial charge in [-0.25, -0.2) is 0 Å². The first-order chi connectivity index (χ1) is 11.8. The second kappa shape index (κ2) is 8.80. The van der Waals surface area contributed by atoms with E-state index in [1.165, 1.54) is 6.07 Å². The number of likely N-dealkylation sites (tertiary alicyclic amines) is 1. The lowest BCUT2D eigenvalue weighted by molar-refractivity contribution is -0.385. The van der Waals surface area contributed by atoms with Crippen LogP contribution in [0.3, 0.4) is 0 Å². The molecule has 25 heavy (non-hydrogen) atoms. The normalized spacial score (nSPS) is 19.0. The fraction of sp³-hybridized carbons (Fsp3) is 0.562. The quantitative estimate of drug-likeness (QED) is 0.593. The summed E-state index contributed by atoms with van der Waals surface area (Å²) in [6.07, 6.45) is 2.61. The highest BCUT2D eigenvalue weighted by Gasteiger charge is 2.25. The van der Waals surface area contributed by atoms with Crippen LogP contribution in [0.2, 0.25) is 10.0 Å². The Morgan fingerprint density at radius 1 is 1.40 bits per heavy atom. The van der Waals surface area contributed by atoms with Crippen LogP contribution < -0.4 is 0 Å². The molecule has 2 rings (SSSR count). The number of rotatable bonds is 6. The molecule has 1 saturated heterocycles. The van der Waals surface area contributed by atoms with E-state index in [9.17, 15) is 14.9 Å². The Hall–Kier alpha value is -1.41. The third-order valence-electron chi connectivity index (χ3n) is 4.48. The van der Waals surface area contributed by atoms with Crippen LogP contribution in [0, 0.1) is 10.1 Å². The Morgan fingerprint density at radius 2 is 2.12 bits per heavy atom. The summed E-state index contributed by atoms with van der Waals surface area (Å²) in [5, 5.41) is 20.6. The van der Waals surface area contributed by atoms with Crippen molar-refractivity contribution in [3.8, 4) is 0 Å². The molecule has 0 amide bonds. The fourth-order valence-corrected chi connectivity index (χ4v) is 3.87. The number of carbonyl (C=O) groups is 1. The SMILES string of the molecule is CN(CC(=O)O)C1CCCN(Cc2cc(Cl)cc(Cl)c2[N+](=O)[O-])CC1. The molecular formula is C16H21Cl2N3O4.